The molecule has 0 fully saturated rings. The molecule has 1 aromatic heterocycles. The van der Waals surface area contributed by atoms with Crippen molar-refractivity contribution in [3.05, 3.63) is 71.9 Å². The van der Waals surface area contributed by atoms with Gasteiger partial charge in [-0.1, -0.05) is 48.5 Å². The minimum Gasteiger partial charge on any atom is -0.496 e. The first-order valence-corrected chi connectivity index (χ1v) is 6.58. The van der Waals surface area contributed by atoms with E-state index in [1.807, 2.05) is 42.6 Å². The van der Waals surface area contributed by atoms with Gasteiger partial charge >= 0.3 is 0 Å². The average molecular weight is 264 g/mol. The molecule has 0 amide bonds. The number of hydrogen-bond donors (Lipinski definition) is 1. The van der Waals surface area contributed by atoms with Crippen LogP contribution in [0, 0.1) is 0 Å². The summed E-state index contributed by atoms with van der Waals surface area (Å²) in [5.74, 6) is 0.910. The van der Waals surface area contributed by atoms with Crippen LogP contribution in [0.4, 0.5) is 0 Å². The Morgan fingerprint density at radius 1 is 0.950 bits per heavy atom. The van der Waals surface area contributed by atoms with E-state index in [1.165, 1.54) is 5.56 Å². The summed E-state index contributed by atoms with van der Waals surface area (Å²) in [6.07, 6.45) is 2.68. The summed E-state index contributed by atoms with van der Waals surface area (Å²) in [4.78, 5) is 0. The fourth-order valence-corrected chi connectivity index (χ4v) is 2.35. The van der Waals surface area contributed by atoms with Crippen LogP contribution >= 0.6 is 0 Å². The Labute approximate surface area is 118 Å². The number of nitrogens with zero attached hydrogens (tertiary/aromatic N) is 1. The molecule has 0 aliphatic heterocycles. The van der Waals surface area contributed by atoms with Crippen molar-refractivity contribution < 1.29 is 4.74 Å². The Morgan fingerprint density at radius 3 is 2.50 bits per heavy atom. The van der Waals surface area contributed by atoms with Gasteiger partial charge in [0.1, 0.15) is 5.75 Å². The highest BCUT2D eigenvalue weighted by Gasteiger charge is 2.10. The zero-order valence-corrected chi connectivity index (χ0v) is 11.3. The predicted molar refractivity (Wildman–Crippen MR) is 79.8 cm³/mol. The van der Waals surface area contributed by atoms with Crippen molar-refractivity contribution in [2.24, 2.45) is 0 Å². The molecule has 0 spiro atoms. The standard InChI is InChI=1S/C17H16N2O/c1-20-16-10-6-5-9-14(16)11-15-12-18-19-17(15)13-7-3-2-4-8-13/h2-10,12H,11H2,1H3,(H,18,19). The molecule has 3 heteroatoms. The molecule has 0 saturated heterocycles. The SMILES string of the molecule is COc1ccccc1Cc1cn[nH]c1-c1ccccc1. The minimum absolute atomic E-state index is 0.796. The van der Waals surface area contributed by atoms with Gasteiger partial charge in [-0.25, -0.2) is 0 Å². The molecule has 0 atom stereocenters. The van der Waals surface area contributed by atoms with Gasteiger partial charge in [0, 0.05) is 12.0 Å². The largest absolute Gasteiger partial charge is 0.496 e. The molecule has 0 aliphatic rings. The summed E-state index contributed by atoms with van der Waals surface area (Å²) in [7, 11) is 1.70. The van der Waals surface area contributed by atoms with Crippen LogP contribution in [0.15, 0.2) is 60.8 Å². The van der Waals surface area contributed by atoms with Gasteiger partial charge < -0.3 is 4.74 Å². The van der Waals surface area contributed by atoms with E-state index in [1.54, 1.807) is 7.11 Å². The maximum Gasteiger partial charge on any atom is 0.122 e. The monoisotopic (exact) mass is 264 g/mol. The van der Waals surface area contributed by atoms with Gasteiger partial charge in [0.2, 0.25) is 0 Å². The maximum atomic E-state index is 5.41. The van der Waals surface area contributed by atoms with Gasteiger partial charge in [-0.15, -0.1) is 0 Å². The van der Waals surface area contributed by atoms with Crippen molar-refractivity contribution in [1.29, 1.82) is 0 Å². The minimum atomic E-state index is 0.796. The lowest BCUT2D eigenvalue weighted by Gasteiger charge is -2.08. The highest BCUT2D eigenvalue weighted by atomic mass is 16.5. The molecular formula is C17H16N2O. The number of H-pyrrole nitrogens is 1. The number of rotatable bonds is 4. The highest BCUT2D eigenvalue weighted by molar-refractivity contribution is 5.63. The average Bonchev–Trinajstić information content (AvgIpc) is 2.97. The van der Waals surface area contributed by atoms with E-state index in [4.69, 9.17) is 4.74 Å². The summed E-state index contributed by atoms with van der Waals surface area (Å²) in [5, 5.41) is 7.27. The van der Waals surface area contributed by atoms with E-state index in [9.17, 15) is 0 Å². The molecule has 0 bridgehead atoms. The normalized spacial score (nSPS) is 10.4. The van der Waals surface area contributed by atoms with Gasteiger partial charge in [0.05, 0.1) is 19.0 Å². The molecular weight excluding hydrogens is 248 g/mol. The number of aromatic nitrogens is 2. The number of hydrogen-bond acceptors (Lipinski definition) is 2. The third-order valence-corrected chi connectivity index (χ3v) is 3.35. The van der Waals surface area contributed by atoms with E-state index in [0.717, 1.165) is 29.0 Å². The zero-order valence-electron chi connectivity index (χ0n) is 11.3. The first-order chi connectivity index (χ1) is 9.88. The second-order valence-electron chi connectivity index (χ2n) is 4.62. The van der Waals surface area contributed by atoms with Gasteiger partial charge in [0.15, 0.2) is 0 Å². The molecule has 0 aliphatic carbocycles. The second-order valence-corrected chi connectivity index (χ2v) is 4.62. The number of benzene rings is 2. The lowest BCUT2D eigenvalue weighted by Crippen LogP contribution is -1.94. The molecule has 2 aromatic carbocycles. The first kappa shape index (κ1) is 12.5. The van der Waals surface area contributed by atoms with E-state index in [-0.39, 0.29) is 0 Å². The van der Waals surface area contributed by atoms with E-state index in [2.05, 4.69) is 28.4 Å². The molecule has 0 unspecified atom stereocenters. The Kier molecular flexibility index (Phi) is 3.50. The number of ether oxygens (including phenoxy) is 1. The van der Waals surface area contributed by atoms with E-state index in [0.29, 0.717) is 0 Å². The maximum absolute atomic E-state index is 5.41. The zero-order chi connectivity index (χ0) is 13.8. The molecule has 3 nitrogen and oxygen atoms in total. The molecule has 1 heterocycles. The van der Waals surface area contributed by atoms with Crippen LogP contribution in [-0.2, 0) is 6.42 Å². The summed E-state index contributed by atoms with van der Waals surface area (Å²) in [5.41, 5.74) is 4.54. The van der Waals surface area contributed by atoms with Crippen molar-refractivity contribution in [3.8, 4) is 17.0 Å². The number of para-hydroxylation sites is 1. The fraction of sp³-hybridized carbons (Fsp3) is 0.118. The first-order valence-electron chi connectivity index (χ1n) is 6.58. The quantitative estimate of drug-likeness (QED) is 0.780. The van der Waals surface area contributed by atoms with Crippen LogP contribution < -0.4 is 4.74 Å². The third-order valence-electron chi connectivity index (χ3n) is 3.35. The Balaban J connectivity index is 1.95. The van der Waals surface area contributed by atoms with Gasteiger partial charge in [-0.05, 0) is 17.2 Å². The van der Waals surface area contributed by atoms with Crippen molar-refractivity contribution in [3.63, 3.8) is 0 Å². The lowest BCUT2D eigenvalue weighted by atomic mass is 10.0. The third kappa shape index (κ3) is 2.43. The summed E-state index contributed by atoms with van der Waals surface area (Å²) >= 11 is 0. The Bertz CT molecular complexity index is 689. The van der Waals surface area contributed by atoms with Crippen molar-refractivity contribution in [2.75, 3.05) is 7.11 Å². The van der Waals surface area contributed by atoms with E-state index >= 15 is 0 Å². The molecule has 3 rings (SSSR count). The topological polar surface area (TPSA) is 37.9 Å². The van der Waals surface area contributed by atoms with Gasteiger partial charge in [-0.3, -0.25) is 5.10 Å². The van der Waals surface area contributed by atoms with Crippen LogP contribution in [0.25, 0.3) is 11.3 Å². The molecule has 0 saturated carbocycles. The van der Waals surface area contributed by atoms with Crippen LogP contribution in [0.2, 0.25) is 0 Å². The molecule has 20 heavy (non-hydrogen) atoms. The number of methoxy groups -OCH3 is 1. The Morgan fingerprint density at radius 2 is 1.70 bits per heavy atom. The fourth-order valence-electron chi connectivity index (χ4n) is 2.35. The lowest BCUT2D eigenvalue weighted by molar-refractivity contribution is 0.410. The van der Waals surface area contributed by atoms with Gasteiger partial charge in [-0.2, -0.15) is 5.10 Å². The molecule has 0 radical (unpaired) electrons. The van der Waals surface area contributed by atoms with Gasteiger partial charge in [0.25, 0.3) is 0 Å². The second kappa shape index (κ2) is 5.61. The van der Waals surface area contributed by atoms with Crippen molar-refractivity contribution >= 4 is 0 Å². The number of nitrogens with one attached hydrogen (secondary N) is 1. The predicted octanol–water partition coefficient (Wildman–Crippen LogP) is 3.68. The summed E-state index contributed by atoms with van der Waals surface area (Å²) < 4.78 is 5.41. The highest BCUT2D eigenvalue weighted by Crippen LogP contribution is 2.26. The molecule has 100 valence electrons. The smallest absolute Gasteiger partial charge is 0.122 e. The number of aromatic amines is 1. The Hall–Kier alpha value is -2.55. The van der Waals surface area contributed by atoms with Crippen molar-refractivity contribution in [1.82, 2.24) is 10.2 Å². The molecule has 1 N–H and O–H groups in total. The van der Waals surface area contributed by atoms with E-state index < -0.39 is 0 Å². The van der Waals surface area contributed by atoms with Crippen molar-refractivity contribution in [2.45, 2.75) is 6.42 Å². The van der Waals surface area contributed by atoms with Crippen LogP contribution in [0.1, 0.15) is 11.1 Å². The molecule has 3 aromatic rings. The van der Waals surface area contributed by atoms with Crippen LogP contribution in [0.3, 0.4) is 0 Å². The summed E-state index contributed by atoms with van der Waals surface area (Å²) in [6.45, 7) is 0. The van der Waals surface area contributed by atoms with Crippen LogP contribution in [-0.4, -0.2) is 17.3 Å². The summed E-state index contributed by atoms with van der Waals surface area (Å²) in [6, 6.07) is 18.3. The van der Waals surface area contributed by atoms with Crippen LogP contribution in [0.5, 0.6) is 5.75 Å².